The Morgan fingerprint density at radius 2 is 2.05 bits per heavy atom. The highest BCUT2D eigenvalue weighted by Crippen LogP contribution is 2.20. The molecule has 0 bridgehead atoms. The lowest BCUT2D eigenvalue weighted by Gasteiger charge is -2.09. The van der Waals surface area contributed by atoms with Crippen molar-refractivity contribution >= 4 is 31.9 Å². The molecule has 0 amide bonds. The molecule has 5 nitrogen and oxygen atoms in total. The molecule has 0 saturated heterocycles. The monoisotopic (exact) mass is 349 g/mol. The van der Waals surface area contributed by atoms with Gasteiger partial charge in [0.05, 0.1) is 4.90 Å². The second kappa shape index (κ2) is 7.02. The third kappa shape index (κ3) is 5.30. The zero-order valence-electron chi connectivity index (χ0n) is 10.5. The van der Waals surface area contributed by atoms with E-state index in [-0.39, 0.29) is 17.9 Å². The number of unbranched alkanes of at least 4 members (excludes halogenated alkanes) is 1. The van der Waals surface area contributed by atoms with Crippen LogP contribution in [0.5, 0.6) is 0 Å². The summed E-state index contributed by atoms with van der Waals surface area (Å²) in [4.78, 5) is 10.6. The standard InChI is InChI=1S/C12H16BrNO4S/c1-9-5-6-10(13)8-11(9)19(17,18)14-7-3-2-4-12(15)16/h5-6,8,14H,2-4,7H2,1H3,(H,15,16). The van der Waals surface area contributed by atoms with E-state index in [0.29, 0.717) is 22.9 Å². The Balaban J connectivity index is 2.61. The number of hydrogen-bond donors (Lipinski definition) is 2. The Hall–Kier alpha value is -0.920. The number of benzene rings is 1. The average Bonchev–Trinajstić information content (AvgIpc) is 2.31. The predicted molar refractivity (Wildman–Crippen MR) is 75.6 cm³/mol. The van der Waals surface area contributed by atoms with Crippen LogP contribution in [-0.4, -0.2) is 26.0 Å². The number of carbonyl (C=O) groups is 1. The van der Waals surface area contributed by atoms with Crippen molar-refractivity contribution in [3.05, 3.63) is 28.2 Å². The molecular formula is C12H16BrNO4S. The first-order valence-electron chi connectivity index (χ1n) is 5.80. The van der Waals surface area contributed by atoms with Gasteiger partial charge in [-0.15, -0.1) is 0 Å². The van der Waals surface area contributed by atoms with Crippen LogP contribution in [0, 0.1) is 6.92 Å². The lowest BCUT2D eigenvalue weighted by atomic mass is 10.2. The number of sulfonamides is 1. The molecule has 0 atom stereocenters. The summed E-state index contributed by atoms with van der Waals surface area (Å²) in [7, 11) is -3.54. The zero-order chi connectivity index (χ0) is 14.5. The summed E-state index contributed by atoms with van der Waals surface area (Å²) < 4.78 is 27.3. The summed E-state index contributed by atoms with van der Waals surface area (Å²) in [6.07, 6.45) is 1.01. The maximum absolute atomic E-state index is 12.1. The number of nitrogens with one attached hydrogen (secondary N) is 1. The van der Waals surface area contributed by atoms with Gasteiger partial charge in [0, 0.05) is 17.4 Å². The molecule has 1 rings (SSSR count). The van der Waals surface area contributed by atoms with Gasteiger partial charge in [0.15, 0.2) is 0 Å². The fraction of sp³-hybridized carbons (Fsp3) is 0.417. The van der Waals surface area contributed by atoms with Crippen molar-refractivity contribution in [2.24, 2.45) is 0 Å². The first-order valence-corrected chi connectivity index (χ1v) is 8.08. The number of hydrogen-bond acceptors (Lipinski definition) is 3. The van der Waals surface area contributed by atoms with Gasteiger partial charge in [0.1, 0.15) is 0 Å². The quantitative estimate of drug-likeness (QED) is 0.739. The Morgan fingerprint density at radius 3 is 2.68 bits per heavy atom. The normalized spacial score (nSPS) is 11.5. The molecule has 1 aromatic carbocycles. The zero-order valence-corrected chi connectivity index (χ0v) is 12.9. The van der Waals surface area contributed by atoms with Crippen molar-refractivity contribution in [1.29, 1.82) is 0 Å². The average molecular weight is 350 g/mol. The van der Waals surface area contributed by atoms with Gasteiger partial charge in [-0.2, -0.15) is 0 Å². The maximum Gasteiger partial charge on any atom is 0.303 e. The molecule has 0 heterocycles. The van der Waals surface area contributed by atoms with Crippen molar-refractivity contribution in [2.75, 3.05) is 6.54 Å². The van der Waals surface area contributed by atoms with Crippen LogP contribution in [0.25, 0.3) is 0 Å². The van der Waals surface area contributed by atoms with Gasteiger partial charge in [-0.1, -0.05) is 22.0 Å². The van der Waals surface area contributed by atoms with Gasteiger partial charge in [-0.25, -0.2) is 13.1 Å². The minimum absolute atomic E-state index is 0.0532. The summed E-state index contributed by atoms with van der Waals surface area (Å²) >= 11 is 3.24. The molecule has 7 heteroatoms. The smallest absolute Gasteiger partial charge is 0.303 e. The summed E-state index contributed by atoms with van der Waals surface area (Å²) in [6.45, 7) is 1.97. The molecule has 1 aromatic rings. The van der Waals surface area contributed by atoms with E-state index in [2.05, 4.69) is 20.7 Å². The van der Waals surface area contributed by atoms with Crippen LogP contribution in [0.3, 0.4) is 0 Å². The minimum atomic E-state index is -3.54. The maximum atomic E-state index is 12.1. The molecular weight excluding hydrogens is 334 g/mol. The number of carboxylic acid groups (broad SMARTS) is 1. The molecule has 0 unspecified atom stereocenters. The van der Waals surface area contributed by atoms with Gasteiger partial charge in [-0.05, 0) is 37.5 Å². The van der Waals surface area contributed by atoms with Crippen molar-refractivity contribution in [2.45, 2.75) is 31.1 Å². The topological polar surface area (TPSA) is 83.5 Å². The molecule has 0 spiro atoms. The van der Waals surface area contributed by atoms with E-state index in [1.807, 2.05) is 0 Å². The summed E-state index contributed by atoms with van der Waals surface area (Å²) in [5.41, 5.74) is 0.668. The number of halogens is 1. The molecule has 106 valence electrons. The van der Waals surface area contributed by atoms with Crippen molar-refractivity contribution in [1.82, 2.24) is 4.72 Å². The molecule has 0 fully saturated rings. The second-order valence-electron chi connectivity index (χ2n) is 4.16. The van der Waals surface area contributed by atoms with Crippen LogP contribution in [-0.2, 0) is 14.8 Å². The Labute approximate surface area is 121 Å². The molecule has 0 aliphatic rings. The largest absolute Gasteiger partial charge is 0.481 e. The SMILES string of the molecule is Cc1ccc(Br)cc1S(=O)(=O)NCCCCC(=O)O. The number of rotatable bonds is 7. The van der Waals surface area contributed by atoms with Crippen LogP contribution in [0.4, 0.5) is 0 Å². The fourth-order valence-corrected chi connectivity index (χ4v) is 3.40. The third-order valence-electron chi connectivity index (χ3n) is 2.55. The van der Waals surface area contributed by atoms with Gasteiger partial charge in [0.2, 0.25) is 10.0 Å². The van der Waals surface area contributed by atoms with Crippen LogP contribution in [0.15, 0.2) is 27.6 Å². The number of aliphatic carboxylic acids is 1. The highest BCUT2D eigenvalue weighted by molar-refractivity contribution is 9.10. The van der Waals surface area contributed by atoms with E-state index in [1.165, 1.54) is 0 Å². The number of carboxylic acids is 1. The van der Waals surface area contributed by atoms with Crippen LogP contribution in [0.2, 0.25) is 0 Å². The molecule has 0 aliphatic heterocycles. The molecule has 19 heavy (non-hydrogen) atoms. The minimum Gasteiger partial charge on any atom is -0.481 e. The van der Waals surface area contributed by atoms with E-state index in [4.69, 9.17) is 5.11 Å². The van der Waals surface area contributed by atoms with Crippen molar-refractivity contribution < 1.29 is 18.3 Å². The molecule has 0 aliphatic carbocycles. The first kappa shape index (κ1) is 16.1. The van der Waals surface area contributed by atoms with Crippen molar-refractivity contribution in [3.8, 4) is 0 Å². The summed E-state index contributed by atoms with van der Waals surface area (Å²) in [5, 5.41) is 8.47. The highest BCUT2D eigenvalue weighted by Gasteiger charge is 2.16. The first-order chi connectivity index (χ1) is 8.83. The Morgan fingerprint density at radius 1 is 1.37 bits per heavy atom. The summed E-state index contributed by atoms with van der Waals surface area (Å²) in [5.74, 6) is -0.870. The molecule has 0 radical (unpaired) electrons. The molecule has 0 saturated carbocycles. The van der Waals surface area contributed by atoms with Gasteiger partial charge < -0.3 is 5.11 Å². The van der Waals surface area contributed by atoms with Crippen LogP contribution >= 0.6 is 15.9 Å². The fourth-order valence-electron chi connectivity index (χ4n) is 1.55. The van der Waals surface area contributed by atoms with E-state index >= 15 is 0 Å². The van der Waals surface area contributed by atoms with Gasteiger partial charge in [0.25, 0.3) is 0 Å². The van der Waals surface area contributed by atoms with Crippen molar-refractivity contribution in [3.63, 3.8) is 0 Å². The molecule has 2 N–H and O–H groups in total. The predicted octanol–water partition coefficient (Wildman–Crippen LogP) is 2.29. The lowest BCUT2D eigenvalue weighted by Crippen LogP contribution is -2.25. The lowest BCUT2D eigenvalue weighted by molar-refractivity contribution is -0.137. The third-order valence-corrected chi connectivity index (χ3v) is 4.65. The second-order valence-corrected chi connectivity index (χ2v) is 6.81. The Bertz CT molecular complexity index is 557. The van der Waals surface area contributed by atoms with Crippen LogP contribution in [0.1, 0.15) is 24.8 Å². The Kier molecular flexibility index (Phi) is 5.96. The van der Waals surface area contributed by atoms with E-state index in [0.717, 1.165) is 0 Å². The van der Waals surface area contributed by atoms with Gasteiger partial charge in [-0.3, -0.25) is 4.79 Å². The van der Waals surface area contributed by atoms with Crippen LogP contribution < -0.4 is 4.72 Å². The molecule has 0 aromatic heterocycles. The van der Waals surface area contributed by atoms with E-state index in [1.54, 1.807) is 25.1 Å². The van der Waals surface area contributed by atoms with E-state index < -0.39 is 16.0 Å². The summed E-state index contributed by atoms with van der Waals surface area (Å²) in [6, 6.07) is 5.05. The van der Waals surface area contributed by atoms with E-state index in [9.17, 15) is 13.2 Å². The highest BCUT2D eigenvalue weighted by atomic mass is 79.9. The number of aryl methyl sites for hydroxylation is 1. The van der Waals surface area contributed by atoms with Gasteiger partial charge >= 0.3 is 5.97 Å².